The normalized spacial score (nSPS) is 19.2. The monoisotopic (exact) mass is 280 g/mol. The lowest BCUT2D eigenvalue weighted by Gasteiger charge is -2.28. The topological polar surface area (TPSA) is 94.0 Å². The van der Waals surface area contributed by atoms with E-state index in [4.69, 9.17) is 10.3 Å². The third kappa shape index (κ3) is 2.85. The molecule has 0 saturated heterocycles. The largest absolute Gasteiger partial charge is 0.343 e. The SMILES string of the molecule is CC(C)c1nc(C2(NC(=O)[C@@H](C)CN)CCCC2)no1. The van der Waals surface area contributed by atoms with E-state index in [2.05, 4.69) is 15.5 Å². The molecule has 0 aromatic carbocycles. The first-order valence-corrected chi connectivity index (χ1v) is 7.34. The fourth-order valence-electron chi connectivity index (χ4n) is 2.51. The van der Waals surface area contributed by atoms with E-state index in [9.17, 15) is 4.79 Å². The second-order valence-electron chi connectivity index (χ2n) is 6.03. The Morgan fingerprint density at radius 1 is 1.40 bits per heavy atom. The lowest BCUT2D eigenvalue weighted by atomic mass is 9.95. The Bertz CT molecular complexity index is 463. The quantitative estimate of drug-likeness (QED) is 0.855. The lowest BCUT2D eigenvalue weighted by molar-refractivity contribution is -0.126. The van der Waals surface area contributed by atoms with Crippen LogP contribution >= 0.6 is 0 Å². The number of hydrogen-bond donors (Lipinski definition) is 2. The molecule has 0 bridgehead atoms. The minimum Gasteiger partial charge on any atom is -0.343 e. The highest BCUT2D eigenvalue weighted by Gasteiger charge is 2.42. The number of nitrogens with two attached hydrogens (primary N) is 1. The first-order chi connectivity index (χ1) is 9.48. The van der Waals surface area contributed by atoms with Crippen molar-refractivity contribution in [3.63, 3.8) is 0 Å². The van der Waals surface area contributed by atoms with Crippen molar-refractivity contribution in [2.75, 3.05) is 6.54 Å². The Morgan fingerprint density at radius 2 is 2.05 bits per heavy atom. The summed E-state index contributed by atoms with van der Waals surface area (Å²) in [7, 11) is 0. The molecule has 1 aromatic rings. The van der Waals surface area contributed by atoms with Gasteiger partial charge in [-0.15, -0.1) is 0 Å². The molecule has 3 N–H and O–H groups in total. The predicted molar refractivity (Wildman–Crippen MR) is 74.9 cm³/mol. The summed E-state index contributed by atoms with van der Waals surface area (Å²) >= 11 is 0. The highest BCUT2D eigenvalue weighted by Crippen LogP contribution is 2.37. The molecular formula is C14H24N4O2. The molecule has 1 amide bonds. The number of nitrogens with zero attached hydrogens (tertiary/aromatic N) is 2. The van der Waals surface area contributed by atoms with Gasteiger partial charge in [-0.25, -0.2) is 0 Å². The van der Waals surface area contributed by atoms with Gasteiger partial charge in [-0.3, -0.25) is 4.79 Å². The number of nitrogens with one attached hydrogen (secondary N) is 1. The van der Waals surface area contributed by atoms with Gasteiger partial charge >= 0.3 is 0 Å². The molecule has 1 heterocycles. The molecule has 112 valence electrons. The van der Waals surface area contributed by atoms with Crippen LogP contribution < -0.4 is 11.1 Å². The number of aromatic nitrogens is 2. The number of carbonyl (C=O) groups excluding carboxylic acids is 1. The smallest absolute Gasteiger partial charge is 0.229 e. The Hall–Kier alpha value is -1.43. The first kappa shape index (κ1) is 15.0. The van der Waals surface area contributed by atoms with E-state index in [1.807, 2.05) is 20.8 Å². The third-order valence-electron chi connectivity index (χ3n) is 3.98. The Morgan fingerprint density at radius 3 is 2.55 bits per heavy atom. The van der Waals surface area contributed by atoms with Crippen molar-refractivity contribution in [3.8, 4) is 0 Å². The van der Waals surface area contributed by atoms with Gasteiger partial charge in [0.15, 0.2) is 5.82 Å². The second kappa shape index (κ2) is 5.91. The van der Waals surface area contributed by atoms with Gasteiger partial charge in [0, 0.05) is 18.4 Å². The number of rotatable bonds is 5. The van der Waals surface area contributed by atoms with Crippen LogP contribution in [0.15, 0.2) is 4.52 Å². The van der Waals surface area contributed by atoms with E-state index in [0.29, 0.717) is 18.3 Å². The fourth-order valence-corrected chi connectivity index (χ4v) is 2.51. The minimum absolute atomic E-state index is 0.0368. The average Bonchev–Trinajstić information content (AvgIpc) is 3.06. The van der Waals surface area contributed by atoms with Crippen LogP contribution in [0.25, 0.3) is 0 Å². The van der Waals surface area contributed by atoms with Crippen molar-refractivity contribution in [1.29, 1.82) is 0 Å². The summed E-state index contributed by atoms with van der Waals surface area (Å²) in [5, 5.41) is 7.21. The lowest BCUT2D eigenvalue weighted by Crippen LogP contribution is -2.47. The fraction of sp³-hybridized carbons (Fsp3) is 0.786. The van der Waals surface area contributed by atoms with E-state index in [1.54, 1.807) is 0 Å². The summed E-state index contributed by atoms with van der Waals surface area (Å²) < 4.78 is 5.29. The maximum Gasteiger partial charge on any atom is 0.229 e. The minimum atomic E-state index is -0.475. The van der Waals surface area contributed by atoms with Crippen molar-refractivity contribution in [1.82, 2.24) is 15.5 Å². The van der Waals surface area contributed by atoms with Crippen LogP contribution in [0.3, 0.4) is 0 Å². The van der Waals surface area contributed by atoms with Crippen LogP contribution in [0.1, 0.15) is 64.1 Å². The molecule has 0 radical (unpaired) electrons. The van der Waals surface area contributed by atoms with Gasteiger partial charge in [0.1, 0.15) is 5.54 Å². The van der Waals surface area contributed by atoms with Crippen LogP contribution in [0.4, 0.5) is 0 Å². The Kier molecular flexibility index (Phi) is 4.42. The molecule has 1 aliphatic carbocycles. The maximum absolute atomic E-state index is 12.2. The van der Waals surface area contributed by atoms with Crippen molar-refractivity contribution in [2.24, 2.45) is 11.7 Å². The second-order valence-corrected chi connectivity index (χ2v) is 6.03. The van der Waals surface area contributed by atoms with Crippen molar-refractivity contribution < 1.29 is 9.32 Å². The Balaban J connectivity index is 2.22. The standard InChI is InChI=1S/C14H24N4O2/c1-9(2)12-16-13(18-20-12)14(6-4-5-7-14)17-11(19)10(3)8-15/h9-10H,4-8,15H2,1-3H3,(H,17,19)/t10-/m0/s1. The molecule has 1 saturated carbocycles. The third-order valence-corrected chi connectivity index (χ3v) is 3.98. The molecule has 1 atom stereocenters. The summed E-state index contributed by atoms with van der Waals surface area (Å²) in [4.78, 5) is 16.7. The first-order valence-electron chi connectivity index (χ1n) is 7.34. The zero-order valence-electron chi connectivity index (χ0n) is 12.5. The summed E-state index contributed by atoms with van der Waals surface area (Å²) in [6.45, 7) is 6.18. The van der Waals surface area contributed by atoms with Gasteiger partial charge in [-0.2, -0.15) is 4.98 Å². The van der Waals surface area contributed by atoms with Crippen LogP contribution in [-0.2, 0) is 10.3 Å². The van der Waals surface area contributed by atoms with Crippen LogP contribution in [-0.4, -0.2) is 22.6 Å². The number of hydrogen-bond acceptors (Lipinski definition) is 5. The molecule has 6 nitrogen and oxygen atoms in total. The molecule has 1 aromatic heterocycles. The van der Waals surface area contributed by atoms with Gasteiger partial charge in [-0.1, -0.05) is 38.8 Å². The van der Waals surface area contributed by atoms with E-state index >= 15 is 0 Å². The van der Waals surface area contributed by atoms with Gasteiger partial charge in [0.05, 0.1) is 0 Å². The predicted octanol–water partition coefficient (Wildman–Crippen LogP) is 1.67. The highest BCUT2D eigenvalue weighted by molar-refractivity contribution is 5.79. The van der Waals surface area contributed by atoms with Crippen LogP contribution in [0.5, 0.6) is 0 Å². The average molecular weight is 280 g/mol. The van der Waals surface area contributed by atoms with Crippen molar-refractivity contribution in [3.05, 3.63) is 11.7 Å². The van der Waals surface area contributed by atoms with Gasteiger partial charge < -0.3 is 15.6 Å². The zero-order valence-corrected chi connectivity index (χ0v) is 12.5. The van der Waals surface area contributed by atoms with E-state index in [1.165, 1.54) is 0 Å². The molecule has 0 unspecified atom stereocenters. The van der Waals surface area contributed by atoms with Gasteiger partial charge in [0.25, 0.3) is 0 Å². The summed E-state index contributed by atoms with van der Waals surface area (Å²) in [6, 6.07) is 0. The van der Waals surface area contributed by atoms with Crippen LogP contribution in [0, 0.1) is 5.92 Å². The summed E-state index contributed by atoms with van der Waals surface area (Å²) in [6.07, 6.45) is 3.83. The molecular weight excluding hydrogens is 256 g/mol. The molecule has 6 heteroatoms. The maximum atomic E-state index is 12.2. The number of carbonyl (C=O) groups is 1. The summed E-state index contributed by atoms with van der Waals surface area (Å²) in [5.41, 5.74) is 5.09. The zero-order chi connectivity index (χ0) is 14.8. The molecule has 0 aliphatic heterocycles. The van der Waals surface area contributed by atoms with Crippen molar-refractivity contribution in [2.45, 2.75) is 57.9 Å². The van der Waals surface area contributed by atoms with E-state index in [-0.39, 0.29) is 17.7 Å². The molecule has 20 heavy (non-hydrogen) atoms. The van der Waals surface area contributed by atoms with E-state index in [0.717, 1.165) is 25.7 Å². The summed E-state index contributed by atoms with van der Waals surface area (Å²) in [5.74, 6) is 1.17. The van der Waals surface area contributed by atoms with E-state index < -0.39 is 5.54 Å². The van der Waals surface area contributed by atoms with Crippen LogP contribution in [0.2, 0.25) is 0 Å². The van der Waals surface area contributed by atoms with Crippen molar-refractivity contribution >= 4 is 5.91 Å². The molecule has 1 fully saturated rings. The molecule has 2 rings (SSSR count). The molecule has 1 aliphatic rings. The van der Waals surface area contributed by atoms with Gasteiger partial charge in [0.2, 0.25) is 11.8 Å². The highest BCUT2D eigenvalue weighted by atomic mass is 16.5. The molecule has 0 spiro atoms. The Labute approximate surface area is 119 Å². The number of amides is 1. The van der Waals surface area contributed by atoms with Gasteiger partial charge in [-0.05, 0) is 12.8 Å².